The Labute approximate surface area is 311 Å². The first kappa shape index (κ1) is 48.9. The number of nitrogens with zero attached hydrogens (tertiary/aromatic N) is 1. The maximum absolute atomic E-state index is 10.9. The van der Waals surface area contributed by atoms with Gasteiger partial charge in [0.25, 0.3) is 0 Å². The zero-order valence-corrected chi connectivity index (χ0v) is 34.5. The first-order valence-corrected chi connectivity index (χ1v) is 23.2. The van der Waals surface area contributed by atoms with E-state index in [1.54, 1.807) is 0 Å². The molecule has 0 spiro atoms. The quantitative estimate of drug-likeness (QED) is 0.0625. The molecule has 0 bridgehead atoms. The van der Waals surface area contributed by atoms with E-state index < -0.39 is 0 Å². The van der Waals surface area contributed by atoms with Gasteiger partial charge in [-0.05, 0) is 25.8 Å². The van der Waals surface area contributed by atoms with Gasteiger partial charge in [0.2, 0.25) is 0 Å². The highest BCUT2D eigenvalue weighted by atomic mass is 16.3. The van der Waals surface area contributed by atoms with E-state index in [-0.39, 0.29) is 12.2 Å². The average Bonchev–Trinajstić information content (AvgIpc) is 3.09. The van der Waals surface area contributed by atoms with Gasteiger partial charge in [0.15, 0.2) is 0 Å². The van der Waals surface area contributed by atoms with Gasteiger partial charge in [-0.15, -0.1) is 0 Å². The van der Waals surface area contributed by atoms with Crippen LogP contribution in [-0.2, 0) is 0 Å². The van der Waals surface area contributed by atoms with Gasteiger partial charge in [0.1, 0.15) is 0 Å². The van der Waals surface area contributed by atoms with Gasteiger partial charge in [0.05, 0.1) is 12.2 Å². The van der Waals surface area contributed by atoms with Crippen molar-refractivity contribution in [3.05, 3.63) is 0 Å². The lowest BCUT2D eigenvalue weighted by Gasteiger charge is -2.27. The fraction of sp³-hybridized carbons (Fsp3) is 1.00. The average molecular weight is 694 g/mol. The molecule has 3 heteroatoms. The van der Waals surface area contributed by atoms with Crippen LogP contribution in [0.15, 0.2) is 0 Å². The SMILES string of the molecule is CCCCCCCCCCCCCCCCCCN(CC(O)CCCCCCCCCCCC)CC(O)CCCCCCCCCCCC. The van der Waals surface area contributed by atoms with E-state index in [0.717, 1.165) is 45.3 Å². The van der Waals surface area contributed by atoms with E-state index >= 15 is 0 Å². The van der Waals surface area contributed by atoms with Crippen LogP contribution < -0.4 is 0 Å². The fourth-order valence-corrected chi connectivity index (χ4v) is 7.65. The van der Waals surface area contributed by atoms with Crippen LogP contribution in [0.1, 0.15) is 265 Å². The van der Waals surface area contributed by atoms with Crippen molar-refractivity contribution in [3.63, 3.8) is 0 Å². The minimum absolute atomic E-state index is 0.250. The van der Waals surface area contributed by atoms with Crippen molar-refractivity contribution in [2.24, 2.45) is 0 Å². The summed E-state index contributed by atoms with van der Waals surface area (Å²) in [5, 5.41) is 21.9. The highest BCUT2D eigenvalue weighted by molar-refractivity contribution is 4.70. The van der Waals surface area contributed by atoms with Crippen LogP contribution in [0.25, 0.3) is 0 Å². The lowest BCUT2D eigenvalue weighted by atomic mass is 10.0. The Kier molecular flexibility index (Phi) is 42.2. The minimum Gasteiger partial charge on any atom is -0.392 e. The van der Waals surface area contributed by atoms with Crippen molar-refractivity contribution >= 4 is 0 Å². The molecule has 0 fully saturated rings. The van der Waals surface area contributed by atoms with Gasteiger partial charge < -0.3 is 10.2 Å². The zero-order valence-electron chi connectivity index (χ0n) is 34.5. The molecule has 0 aromatic heterocycles. The lowest BCUT2D eigenvalue weighted by Crippen LogP contribution is -2.38. The predicted octanol–water partition coefficient (Wildman–Crippen LogP) is 14.9. The van der Waals surface area contributed by atoms with E-state index in [2.05, 4.69) is 25.7 Å². The molecular formula is C46H95NO2. The molecule has 0 aromatic carbocycles. The van der Waals surface area contributed by atoms with Crippen LogP contribution in [0.2, 0.25) is 0 Å². The van der Waals surface area contributed by atoms with Gasteiger partial charge in [-0.1, -0.05) is 245 Å². The number of unbranched alkanes of at least 4 members (excludes halogenated alkanes) is 33. The van der Waals surface area contributed by atoms with E-state index in [4.69, 9.17) is 0 Å². The Morgan fingerprint density at radius 3 is 0.735 bits per heavy atom. The number of hydrogen-bond donors (Lipinski definition) is 2. The van der Waals surface area contributed by atoms with Crippen molar-refractivity contribution in [1.29, 1.82) is 0 Å². The molecule has 0 aromatic rings. The molecule has 2 atom stereocenters. The molecule has 0 amide bonds. The topological polar surface area (TPSA) is 43.7 Å². The van der Waals surface area contributed by atoms with E-state index in [1.807, 2.05) is 0 Å². The number of aliphatic hydroxyl groups is 2. The highest BCUT2D eigenvalue weighted by Gasteiger charge is 2.16. The summed E-state index contributed by atoms with van der Waals surface area (Å²) in [7, 11) is 0. The van der Waals surface area contributed by atoms with Crippen LogP contribution in [0, 0.1) is 0 Å². The summed E-state index contributed by atoms with van der Waals surface area (Å²) in [6.45, 7) is 9.39. The van der Waals surface area contributed by atoms with Crippen molar-refractivity contribution in [3.8, 4) is 0 Å². The maximum Gasteiger partial charge on any atom is 0.0667 e. The standard InChI is InChI=1S/C46H95NO2/c1-4-7-10-13-16-19-22-23-24-25-26-27-30-33-36-39-42-47(43-45(48)40-37-34-31-28-20-17-14-11-8-5-2)44-46(49)41-38-35-32-29-21-18-15-12-9-6-3/h45-46,48-49H,4-44H2,1-3H3. The Balaban J connectivity index is 4.16. The molecule has 2 N–H and O–H groups in total. The number of hydrogen-bond acceptors (Lipinski definition) is 3. The van der Waals surface area contributed by atoms with Crippen LogP contribution in [0.3, 0.4) is 0 Å². The van der Waals surface area contributed by atoms with Gasteiger partial charge in [-0.3, -0.25) is 4.90 Å². The molecule has 0 heterocycles. The van der Waals surface area contributed by atoms with Gasteiger partial charge >= 0.3 is 0 Å². The van der Waals surface area contributed by atoms with E-state index in [9.17, 15) is 10.2 Å². The number of aliphatic hydroxyl groups excluding tert-OH is 2. The Bertz CT molecular complexity index is 551. The highest BCUT2D eigenvalue weighted by Crippen LogP contribution is 2.17. The largest absolute Gasteiger partial charge is 0.392 e. The first-order valence-electron chi connectivity index (χ1n) is 23.2. The second-order valence-electron chi connectivity index (χ2n) is 16.3. The summed E-state index contributed by atoms with van der Waals surface area (Å²) in [5.74, 6) is 0. The summed E-state index contributed by atoms with van der Waals surface area (Å²) >= 11 is 0. The van der Waals surface area contributed by atoms with E-state index in [0.29, 0.717) is 0 Å². The maximum atomic E-state index is 10.9. The van der Waals surface area contributed by atoms with E-state index in [1.165, 1.54) is 218 Å². The van der Waals surface area contributed by atoms with Gasteiger partial charge in [-0.2, -0.15) is 0 Å². The van der Waals surface area contributed by atoms with Crippen LogP contribution in [0.4, 0.5) is 0 Å². The summed E-state index contributed by atoms with van der Waals surface area (Å²) in [4.78, 5) is 2.41. The van der Waals surface area contributed by atoms with Crippen molar-refractivity contribution < 1.29 is 10.2 Å². The first-order chi connectivity index (χ1) is 24.1. The summed E-state index contributed by atoms with van der Waals surface area (Å²) in [6.07, 6.45) is 50.5. The third-order valence-corrected chi connectivity index (χ3v) is 11.0. The molecule has 296 valence electrons. The molecule has 49 heavy (non-hydrogen) atoms. The lowest BCUT2D eigenvalue weighted by molar-refractivity contribution is 0.0596. The molecule has 0 aliphatic carbocycles. The van der Waals surface area contributed by atoms with Crippen LogP contribution in [-0.4, -0.2) is 47.0 Å². The van der Waals surface area contributed by atoms with Crippen LogP contribution >= 0.6 is 0 Å². The Morgan fingerprint density at radius 2 is 0.490 bits per heavy atom. The van der Waals surface area contributed by atoms with Crippen molar-refractivity contribution in [1.82, 2.24) is 4.90 Å². The van der Waals surface area contributed by atoms with Gasteiger partial charge in [-0.25, -0.2) is 0 Å². The second kappa shape index (κ2) is 42.3. The summed E-state index contributed by atoms with van der Waals surface area (Å²) < 4.78 is 0. The Morgan fingerprint density at radius 1 is 0.286 bits per heavy atom. The monoisotopic (exact) mass is 694 g/mol. The third kappa shape index (κ3) is 40.5. The Hall–Kier alpha value is -0.120. The molecule has 0 saturated carbocycles. The van der Waals surface area contributed by atoms with Gasteiger partial charge in [0, 0.05) is 13.1 Å². The van der Waals surface area contributed by atoms with Crippen LogP contribution in [0.5, 0.6) is 0 Å². The minimum atomic E-state index is -0.250. The molecule has 0 aliphatic heterocycles. The third-order valence-electron chi connectivity index (χ3n) is 11.0. The molecule has 0 saturated heterocycles. The van der Waals surface area contributed by atoms with Crippen molar-refractivity contribution in [2.45, 2.75) is 277 Å². The molecular weight excluding hydrogens is 599 g/mol. The smallest absolute Gasteiger partial charge is 0.0667 e. The summed E-state index contributed by atoms with van der Waals surface area (Å²) in [6, 6.07) is 0. The molecule has 3 nitrogen and oxygen atoms in total. The predicted molar refractivity (Wildman–Crippen MR) is 221 cm³/mol. The second-order valence-corrected chi connectivity index (χ2v) is 16.3. The zero-order chi connectivity index (χ0) is 35.7. The molecule has 2 unspecified atom stereocenters. The summed E-state index contributed by atoms with van der Waals surface area (Å²) in [5.41, 5.74) is 0. The fourth-order valence-electron chi connectivity index (χ4n) is 7.65. The number of rotatable bonds is 43. The van der Waals surface area contributed by atoms with Crippen molar-refractivity contribution in [2.75, 3.05) is 19.6 Å². The molecule has 0 radical (unpaired) electrons. The molecule has 0 aliphatic rings. The normalized spacial score (nSPS) is 13.1. The molecule has 0 rings (SSSR count).